The zero-order valence-electron chi connectivity index (χ0n) is 12.9. The monoisotopic (exact) mass is 311 g/mol. The van der Waals surface area contributed by atoms with Crippen LogP contribution in [-0.4, -0.2) is 23.5 Å². The summed E-state index contributed by atoms with van der Waals surface area (Å²) < 4.78 is 0. The van der Waals surface area contributed by atoms with E-state index in [1.54, 1.807) is 0 Å². The second-order valence-electron chi connectivity index (χ2n) is 5.51. The van der Waals surface area contributed by atoms with Gasteiger partial charge in [0.05, 0.1) is 6.42 Å². The fourth-order valence-electron chi connectivity index (χ4n) is 2.49. The molecule has 0 saturated carbocycles. The first-order valence-electron chi connectivity index (χ1n) is 7.72. The maximum atomic E-state index is 12.4. The zero-order valence-corrected chi connectivity index (χ0v) is 12.9. The predicted octanol–water partition coefficient (Wildman–Crippen LogP) is 2.68. The van der Waals surface area contributed by atoms with Gasteiger partial charge in [-0.1, -0.05) is 60.7 Å². The van der Waals surface area contributed by atoms with Crippen LogP contribution in [0, 0.1) is 5.92 Å². The van der Waals surface area contributed by atoms with Crippen LogP contribution in [0.15, 0.2) is 60.7 Å². The first-order valence-corrected chi connectivity index (χ1v) is 7.72. The number of hydrogen-bond acceptors (Lipinski definition) is 2. The molecule has 0 aromatic heterocycles. The van der Waals surface area contributed by atoms with Crippen LogP contribution in [0.25, 0.3) is 0 Å². The number of amides is 1. The van der Waals surface area contributed by atoms with Crippen molar-refractivity contribution in [3.8, 4) is 0 Å². The summed E-state index contributed by atoms with van der Waals surface area (Å²) in [6.07, 6.45) is 1.21. The van der Waals surface area contributed by atoms with E-state index in [4.69, 9.17) is 5.11 Å². The van der Waals surface area contributed by atoms with Gasteiger partial charge in [0.1, 0.15) is 0 Å². The quantitative estimate of drug-likeness (QED) is 0.787. The number of carbonyl (C=O) groups excluding carboxylic acids is 1. The van der Waals surface area contributed by atoms with Crippen molar-refractivity contribution in [3.05, 3.63) is 71.8 Å². The molecule has 0 aliphatic carbocycles. The molecular weight excluding hydrogens is 290 g/mol. The highest BCUT2D eigenvalue weighted by Gasteiger charge is 2.19. The number of carboxylic acid groups (broad SMARTS) is 1. The van der Waals surface area contributed by atoms with E-state index in [9.17, 15) is 9.59 Å². The number of rotatable bonds is 8. The fourth-order valence-corrected chi connectivity index (χ4v) is 2.49. The van der Waals surface area contributed by atoms with Crippen molar-refractivity contribution in [2.45, 2.75) is 19.3 Å². The summed E-state index contributed by atoms with van der Waals surface area (Å²) in [7, 11) is 0. The molecule has 4 heteroatoms. The molecule has 0 spiro atoms. The smallest absolute Gasteiger partial charge is 0.305 e. The Labute approximate surface area is 136 Å². The third-order valence-electron chi connectivity index (χ3n) is 3.66. The van der Waals surface area contributed by atoms with Gasteiger partial charge in [-0.25, -0.2) is 0 Å². The highest BCUT2D eigenvalue weighted by molar-refractivity contribution is 5.79. The summed E-state index contributed by atoms with van der Waals surface area (Å²) in [4.78, 5) is 23.0. The maximum Gasteiger partial charge on any atom is 0.305 e. The lowest BCUT2D eigenvalue weighted by Crippen LogP contribution is -2.34. The lowest BCUT2D eigenvalue weighted by Gasteiger charge is -2.17. The molecule has 23 heavy (non-hydrogen) atoms. The van der Waals surface area contributed by atoms with E-state index in [-0.39, 0.29) is 24.8 Å². The lowest BCUT2D eigenvalue weighted by atomic mass is 9.92. The van der Waals surface area contributed by atoms with Gasteiger partial charge in [-0.3, -0.25) is 9.59 Å². The molecular formula is C19H21NO3. The topological polar surface area (TPSA) is 66.4 Å². The Morgan fingerprint density at radius 2 is 1.35 bits per heavy atom. The first kappa shape index (κ1) is 16.7. The third kappa shape index (κ3) is 5.94. The summed E-state index contributed by atoms with van der Waals surface area (Å²) in [6.45, 7) is 0.161. The molecule has 2 aromatic carbocycles. The molecule has 0 saturated heterocycles. The second-order valence-corrected chi connectivity index (χ2v) is 5.51. The Bertz CT molecular complexity index is 584. The minimum absolute atomic E-state index is 0.0604. The first-order chi connectivity index (χ1) is 11.1. The van der Waals surface area contributed by atoms with E-state index in [1.165, 1.54) is 0 Å². The molecule has 0 heterocycles. The Morgan fingerprint density at radius 1 is 0.870 bits per heavy atom. The molecule has 2 rings (SSSR count). The number of nitrogens with one attached hydrogen (secondary N) is 1. The predicted molar refractivity (Wildman–Crippen MR) is 89.0 cm³/mol. The van der Waals surface area contributed by atoms with E-state index >= 15 is 0 Å². The lowest BCUT2D eigenvalue weighted by molar-refractivity contribution is -0.137. The highest BCUT2D eigenvalue weighted by Crippen LogP contribution is 2.15. The molecule has 4 nitrogen and oxygen atoms in total. The average molecular weight is 311 g/mol. The standard InChI is InChI=1S/C19H21NO3/c21-18(22)11-12-20-19(23)17(13-15-7-3-1-4-8-15)14-16-9-5-2-6-10-16/h1-10,17H,11-14H2,(H,20,23)(H,21,22). The summed E-state index contributed by atoms with van der Waals surface area (Å²) >= 11 is 0. The number of carbonyl (C=O) groups is 2. The number of aliphatic carboxylic acids is 1. The maximum absolute atomic E-state index is 12.4. The van der Waals surface area contributed by atoms with Gasteiger partial charge in [-0.05, 0) is 24.0 Å². The van der Waals surface area contributed by atoms with E-state index in [1.807, 2.05) is 60.7 Å². The van der Waals surface area contributed by atoms with Crippen LogP contribution < -0.4 is 5.32 Å². The molecule has 2 aromatic rings. The van der Waals surface area contributed by atoms with Gasteiger partial charge in [0, 0.05) is 12.5 Å². The van der Waals surface area contributed by atoms with Crippen molar-refractivity contribution >= 4 is 11.9 Å². The van der Waals surface area contributed by atoms with E-state index < -0.39 is 5.97 Å². The molecule has 0 aliphatic rings. The van der Waals surface area contributed by atoms with Crippen LogP contribution in [-0.2, 0) is 22.4 Å². The van der Waals surface area contributed by atoms with E-state index in [2.05, 4.69) is 5.32 Å². The third-order valence-corrected chi connectivity index (χ3v) is 3.66. The molecule has 120 valence electrons. The van der Waals surface area contributed by atoms with Gasteiger partial charge in [0.25, 0.3) is 0 Å². The molecule has 1 amide bonds. The minimum Gasteiger partial charge on any atom is -0.481 e. The Hall–Kier alpha value is -2.62. The van der Waals surface area contributed by atoms with Gasteiger partial charge >= 0.3 is 5.97 Å². The fraction of sp³-hybridized carbons (Fsp3) is 0.263. The van der Waals surface area contributed by atoms with Crippen molar-refractivity contribution < 1.29 is 14.7 Å². The molecule has 0 fully saturated rings. The largest absolute Gasteiger partial charge is 0.481 e. The summed E-state index contributed by atoms with van der Waals surface area (Å²) in [5.41, 5.74) is 2.20. The van der Waals surface area contributed by atoms with Gasteiger partial charge in [-0.2, -0.15) is 0 Å². The van der Waals surface area contributed by atoms with Gasteiger partial charge < -0.3 is 10.4 Å². The van der Waals surface area contributed by atoms with Crippen molar-refractivity contribution in [2.75, 3.05) is 6.54 Å². The van der Waals surface area contributed by atoms with Crippen molar-refractivity contribution in [1.29, 1.82) is 0 Å². The second kappa shape index (κ2) is 8.73. The van der Waals surface area contributed by atoms with Crippen molar-refractivity contribution in [3.63, 3.8) is 0 Å². The van der Waals surface area contributed by atoms with Crippen molar-refractivity contribution in [1.82, 2.24) is 5.32 Å². The van der Waals surface area contributed by atoms with Crippen LogP contribution in [0.2, 0.25) is 0 Å². The molecule has 0 bridgehead atoms. The van der Waals surface area contributed by atoms with Gasteiger partial charge in [-0.15, -0.1) is 0 Å². The normalized spacial score (nSPS) is 10.5. The summed E-state index contributed by atoms with van der Waals surface area (Å²) in [6, 6.07) is 19.7. The van der Waals surface area contributed by atoms with Crippen LogP contribution in [0.3, 0.4) is 0 Å². The molecule has 0 unspecified atom stereocenters. The highest BCUT2D eigenvalue weighted by atomic mass is 16.4. The molecule has 0 atom stereocenters. The molecule has 2 N–H and O–H groups in total. The van der Waals surface area contributed by atoms with E-state index in [0.29, 0.717) is 12.8 Å². The van der Waals surface area contributed by atoms with Crippen molar-refractivity contribution in [2.24, 2.45) is 5.92 Å². The number of hydrogen-bond donors (Lipinski definition) is 2. The Kier molecular flexibility index (Phi) is 6.36. The zero-order chi connectivity index (χ0) is 16.5. The van der Waals surface area contributed by atoms with Gasteiger partial charge in [0.2, 0.25) is 5.91 Å². The molecule has 0 aliphatic heterocycles. The van der Waals surface area contributed by atoms with Crippen LogP contribution >= 0.6 is 0 Å². The van der Waals surface area contributed by atoms with Gasteiger partial charge in [0.15, 0.2) is 0 Å². The Balaban J connectivity index is 2.04. The van der Waals surface area contributed by atoms with E-state index in [0.717, 1.165) is 11.1 Å². The number of benzene rings is 2. The summed E-state index contributed by atoms with van der Waals surface area (Å²) in [5.74, 6) is -1.22. The van der Waals surface area contributed by atoms with Crippen LogP contribution in [0.4, 0.5) is 0 Å². The molecule has 0 radical (unpaired) electrons. The number of carboxylic acids is 1. The minimum atomic E-state index is -0.909. The Morgan fingerprint density at radius 3 is 1.78 bits per heavy atom. The van der Waals surface area contributed by atoms with Crippen LogP contribution in [0.5, 0.6) is 0 Å². The SMILES string of the molecule is O=C(O)CCNC(=O)C(Cc1ccccc1)Cc1ccccc1. The van der Waals surface area contributed by atoms with Crippen LogP contribution in [0.1, 0.15) is 17.5 Å². The summed E-state index contributed by atoms with van der Waals surface area (Å²) in [5, 5.41) is 11.4. The average Bonchev–Trinajstić information content (AvgIpc) is 2.56.